The van der Waals surface area contributed by atoms with Crippen molar-refractivity contribution in [2.45, 2.75) is 12.1 Å². The Morgan fingerprint density at radius 3 is 3.00 bits per heavy atom. The summed E-state index contributed by atoms with van der Waals surface area (Å²) in [6.45, 7) is -7.80. The van der Waals surface area contributed by atoms with Crippen molar-refractivity contribution in [1.29, 1.82) is 0 Å². The molecule has 1 unspecified atom stereocenters. The molecule has 0 aliphatic carbocycles. The largest absolute Gasteiger partial charge is 0.394 e. The maximum absolute atomic E-state index is 11.6. The fraction of sp³-hybridized carbons (Fsp3) is 0.556. The van der Waals surface area contributed by atoms with Gasteiger partial charge in [0.05, 0.1) is 26.3 Å². The third kappa shape index (κ3) is 2.37. The Labute approximate surface area is 109 Å². The summed E-state index contributed by atoms with van der Waals surface area (Å²) in [5, 5.41) is 18.6. The first-order chi connectivity index (χ1) is 10.4. The zero-order valence-corrected chi connectivity index (χ0v) is 8.94. The highest BCUT2D eigenvalue weighted by atomic mass is 16.5. The summed E-state index contributed by atoms with van der Waals surface area (Å²) in [7, 11) is 0. The maximum Gasteiger partial charge on any atom is 0.281 e. The van der Waals surface area contributed by atoms with Gasteiger partial charge in [-0.1, -0.05) is 0 Å². The van der Waals surface area contributed by atoms with Crippen LogP contribution in [0.3, 0.4) is 0 Å². The lowest BCUT2D eigenvalue weighted by molar-refractivity contribution is -0.117. The second-order valence-corrected chi connectivity index (χ2v) is 3.24. The van der Waals surface area contributed by atoms with Crippen LogP contribution >= 0.6 is 0 Å². The monoisotopic (exact) mass is 260 g/mol. The van der Waals surface area contributed by atoms with E-state index < -0.39 is 37.9 Å². The van der Waals surface area contributed by atoms with Gasteiger partial charge in [0.15, 0.2) is 11.9 Å². The van der Waals surface area contributed by atoms with Crippen molar-refractivity contribution in [3.8, 4) is 0 Å². The molecule has 0 spiro atoms. The van der Waals surface area contributed by atoms with E-state index >= 15 is 0 Å². The first-order valence-corrected chi connectivity index (χ1v) is 4.72. The highest BCUT2D eigenvalue weighted by molar-refractivity contribution is 6.21. The molecule has 4 N–H and O–H groups in total. The van der Waals surface area contributed by atoms with E-state index in [2.05, 4.69) is 15.0 Å². The summed E-state index contributed by atoms with van der Waals surface area (Å²) >= 11 is 0. The molecule has 0 saturated heterocycles. The van der Waals surface area contributed by atoms with Crippen molar-refractivity contribution in [3.63, 3.8) is 0 Å². The van der Waals surface area contributed by atoms with Gasteiger partial charge in [0.2, 0.25) is 5.96 Å². The molecular weight excluding hydrogens is 242 g/mol. The summed E-state index contributed by atoms with van der Waals surface area (Å²) in [5.41, 5.74) is 5.35. The van der Waals surface area contributed by atoms with Gasteiger partial charge < -0.3 is 20.7 Å². The number of amidine groups is 1. The quantitative estimate of drug-likeness (QED) is 0.492. The van der Waals surface area contributed by atoms with Gasteiger partial charge in [-0.3, -0.25) is 14.7 Å². The molecule has 0 fully saturated rings. The lowest BCUT2D eigenvalue weighted by Gasteiger charge is -2.21. The highest BCUT2D eigenvalue weighted by Crippen LogP contribution is 2.13. The zero-order valence-electron chi connectivity index (χ0n) is 13.9. The van der Waals surface area contributed by atoms with Gasteiger partial charge in [-0.25, -0.2) is 0 Å². The number of guanidine groups is 1. The molecule has 9 nitrogen and oxygen atoms in total. The number of nitrogens with zero attached hydrogens (tertiary/aromatic N) is 4. The first kappa shape index (κ1) is 7.56. The number of carbonyl (C=O) groups is 1. The molecule has 0 aromatic rings. The van der Waals surface area contributed by atoms with Crippen LogP contribution in [-0.2, 0) is 9.53 Å². The minimum Gasteiger partial charge on any atom is -0.394 e. The zero-order chi connectivity index (χ0) is 17.6. The van der Waals surface area contributed by atoms with Gasteiger partial charge in [0.25, 0.3) is 5.91 Å². The maximum atomic E-state index is 11.6. The molecule has 9 heteroatoms. The van der Waals surface area contributed by atoms with Crippen LogP contribution in [0.2, 0.25) is 0 Å². The van der Waals surface area contributed by atoms with E-state index in [-0.39, 0.29) is 11.8 Å². The van der Waals surface area contributed by atoms with Crippen LogP contribution in [0.25, 0.3) is 0 Å². The van der Waals surface area contributed by atoms with Crippen LogP contribution in [0.4, 0.5) is 0 Å². The summed E-state index contributed by atoms with van der Waals surface area (Å²) in [4.78, 5) is 23.6. The van der Waals surface area contributed by atoms with Crippen LogP contribution in [0.15, 0.2) is 15.0 Å². The van der Waals surface area contributed by atoms with E-state index in [9.17, 15) is 15.0 Å². The van der Waals surface area contributed by atoms with Gasteiger partial charge in [0.1, 0.15) is 12.8 Å². The molecule has 1 amide bonds. The van der Waals surface area contributed by atoms with E-state index in [0.717, 1.165) is 11.2 Å². The molecule has 2 rings (SSSR count). The molecule has 2 aliphatic heterocycles. The number of carbonyl (C=O) groups excluding carboxylic acids is 1. The van der Waals surface area contributed by atoms with Gasteiger partial charge in [-0.15, -0.1) is 0 Å². The molecule has 1 atom stereocenters. The molecular formula is C9H13N5O4. The average molecular weight is 260 g/mol. The van der Waals surface area contributed by atoms with Crippen molar-refractivity contribution in [3.05, 3.63) is 0 Å². The topological polar surface area (TPSA) is 133 Å². The molecule has 0 bridgehead atoms. The SMILES string of the molecule is [2H]C([2H])(O)C([2H])(OCN1C=NC2C(=O)N=C(N)N=C21)C([2H])([2H])O. The van der Waals surface area contributed by atoms with Crippen LogP contribution < -0.4 is 5.73 Å². The number of rotatable bonds is 5. The van der Waals surface area contributed by atoms with Crippen molar-refractivity contribution < 1.29 is 26.6 Å². The van der Waals surface area contributed by atoms with E-state index in [0.29, 0.717) is 0 Å². The Kier molecular flexibility index (Phi) is 2.19. The molecule has 0 saturated carbocycles. The molecule has 0 aromatic carbocycles. The summed E-state index contributed by atoms with van der Waals surface area (Å²) in [5.74, 6) is -1.02. The van der Waals surface area contributed by atoms with Gasteiger partial charge in [-0.05, 0) is 0 Å². The average Bonchev–Trinajstić information content (AvgIpc) is 2.76. The van der Waals surface area contributed by atoms with Crippen LogP contribution in [0.5, 0.6) is 0 Å². The number of aliphatic imine (C=N–C) groups is 3. The Balaban J connectivity index is 2.19. The van der Waals surface area contributed by atoms with Crippen molar-refractivity contribution in [2.75, 3.05) is 19.8 Å². The van der Waals surface area contributed by atoms with Gasteiger partial charge in [-0.2, -0.15) is 9.98 Å². The molecule has 0 aromatic heterocycles. The Morgan fingerprint density at radius 1 is 1.61 bits per heavy atom. The smallest absolute Gasteiger partial charge is 0.281 e. The second-order valence-electron chi connectivity index (χ2n) is 3.24. The normalized spacial score (nSPS) is 28.6. The molecule has 2 aliphatic rings. The van der Waals surface area contributed by atoms with E-state index in [1.807, 2.05) is 0 Å². The lowest BCUT2D eigenvalue weighted by Crippen LogP contribution is -2.42. The summed E-state index contributed by atoms with van der Waals surface area (Å²) in [6.07, 6.45) is -2.29. The van der Waals surface area contributed by atoms with Gasteiger partial charge in [0, 0.05) is 0 Å². The standard InChI is InChI=1S/C9H13N5O4/c10-9-12-7-6(8(17)13-9)11-3-14(7)4-18-5(1-15)2-16/h3,5-6,15-16H,1-2,4H2,(H2,10,13,17)/i1D2,2D2,5D. The Hall–Kier alpha value is -1.84. The first-order valence-electron chi connectivity index (χ1n) is 7.22. The number of amides is 1. The third-order valence-electron chi connectivity index (χ3n) is 2.13. The van der Waals surface area contributed by atoms with Crippen LogP contribution in [0, 0.1) is 0 Å². The highest BCUT2D eigenvalue weighted by Gasteiger charge is 2.35. The van der Waals surface area contributed by atoms with Crippen LogP contribution in [0.1, 0.15) is 6.85 Å². The fourth-order valence-corrected chi connectivity index (χ4v) is 1.37. The van der Waals surface area contributed by atoms with Crippen molar-refractivity contribution in [2.24, 2.45) is 20.7 Å². The number of hydrogen-bond acceptors (Lipinski definition) is 8. The summed E-state index contributed by atoms with van der Waals surface area (Å²) < 4.78 is 40.7. The predicted molar refractivity (Wildman–Crippen MR) is 62.1 cm³/mol. The van der Waals surface area contributed by atoms with Crippen molar-refractivity contribution >= 4 is 24.0 Å². The van der Waals surface area contributed by atoms with E-state index in [4.69, 9.17) is 17.3 Å². The minimum atomic E-state index is -3.54. The number of nitrogens with two attached hydrogens (primary N) is 1. The lowest BCUT2D eigenvalue weighted by atomic mass is 10.2. The number of fused-ring (bicyclic) bond motifs is 1. The number of hydrogen-bond donors (Lipinski definition) is 3. The molecule has 2 heterocycles. The second kappa shape index (κ2) is 5.21. The molecule has 98 valence electrons. The third-order valence-corrected chi connectivity index (χ3v) is 2.13. The predicted octanol–water partition coefficient (Wildman–Crippen LogP) is -2.72. The fourth-order valence-electron chi connectivity index (χ4n) is 1.37. The Morgan fingerprint density at radius 2 is 2.33 bits per heavy atom. The number of aliphatic hydroxyl groups is 2. The van der Waals surface area contributed by atoms with Crippen molar-refractivity contribution in [1.82, 2.24) is 4.90 Å². The van der Waals surface area contributed by atoms with E-state index in [1.165, 1.54) is 0 Å². The molecule has 18 heavy (non-hydrogen) atoms. The van der Waals surface area contributed by atoms with E-state index in [1.54, 1.807) is 0 Å². The Bertz CT molecular complexity index is 596. The number of ether oxygens (including phenoxy) is 1. The minimum absolute atomic E-state index is 0.0122. The molecule has 0 radical (unpaired) electrons. The summed E-state index contributed by atoms with van der Waals surface area (Å²) in [6, 6.07) is -1.07. The van der Waals surface area contributed by atoms with Gasteiger partial charge >= 0.3 is 0 Å². The van der Waals surface area contributed by atoms with Crippen LogP contribution in [-0.4, -0.2) is 71.1 Å².